The van der Waals surface area contributed by atoms with E-state index in [9.17, 15) is 14.0 Å². The number of aryl methyl sites for hydroxylation is 1. The van der Waals surface area contributed by atoms with Gasteiger partial charge in [0.05, 0.1) is 5.69 Å². The van der Waals surface area contributed by atoms with Crippen LogP contribution in [0.5, 0.6) is 0 Å². The first kappa shape index (κ1) is 18.3. The van der Waals surface area contributed by atoms with E-state index >= 15 is 0 Å². The molecule has 136 valence electrons. The van der Waals surface area contributed by atoms with E-state index < -0.39 is 17.6 Å². The molecule has 2 N–H and O–H groups in total. The summed E-state index contributed by atoms with van der Waals surface area (Å²) in [4.78, 5) is 28.7. The molecule has 27 heavy (non-hydrogen) atoms. The smallest absolute Gasteiger partial charge is 0.270 e. The van der Waals surface area contributed by atoms with Gasteiger partial charge in [0, 0.05) is 18.3 Å². The van der Waals surface area contributed by atoms with Gasteiger partial charge in [0.25, 0.3) is 11.8 Å². The third-order valence-corrected chi connectivity index (χ3v) is 4.08. The second-order valence-electron chi connectivity index (χ2n) is 5.97. The Hall–Kier alpha value is -3.54. The first-order valence-electron chi connectivity index (χ1n) is 8.39. The van der Waals surface area contributed by atoms with E-state index in [-0.39, 0.29) is 16.9 Å². The van der Waals surface area contributed by atoms with E-state index in [1.165, 1.54) is 36.5 Å². The molecule has 2 amide bonds. The van der Waals surface area contributed by atoms with Crippen LogP contribution in [0.25, 0.3) is 0 Å². The highest BCUT2D eigenvalue weighted by molar-refractivity contribution is 6.05. The third-order valence-electron chi connectivity index (χ3n) is 4.08. The molecule has 3 aromatic rings. The van der Waals surface area contributed by atoms with Crippen LogP contribution in [0.2, 0.25) is 0 Å². The third kappa shape index (κ3) is 4.55. The number of para-hydroxylation sites is 1. The molecule has 0 spiro atoms. The highest BCUT2D eigenvalue weighted by atomic mass is 19.1. The number of aromatic nitrogens is 1. The SMILES string of the molecule is Cc1ccccc1CNC(=O)c1cc(C(=O)Nc2ccccc2F)ccn1. The van der Waals surface area contributed by atoms with E-state index in [4.69, 9.17) is 0 Å². The predicted molar refractivity (Wildman–Crippen MR) is 101 cm³/mol. The maximum atomic E-state index is 13.7. The number of anilines is 1. The molecule has 0 aliphatic carbocycles. The van der Waals surface area contributed by atoms with Crippen molar-refractivity contribution < 1.29 is 14.0 Å². The second-order valence-corrected chi connectivity index (χ2v) is 5.97. The molecule has 3 rings (SSSR count). The van der Waals surface area contributed by atoms with Gasteiger partial charge in [-0.1, -0.05) is 36.4 Å². The van der Waals surface area contributed by atoms with Crippen molar-refractivity contribution >= 4 is 17.5 Å². The molecule has 0 aliphatic rings. The molecule has 6 heteroatoms. The quantitative estimate of drug-likeness (QED) is 0.726. The number of benzene rings is 2. The number of hydrogen-bond donors (Lipinski definition) is 2. The second kappa shape index (κ2) is 8.23. The highest BCUT2D eigenvalue weighted by Gasteiger charge is 2.13. The monoisotopic (exact) mass is 363 g/mol. The van der Waals surface area contributed by atoms with Crippen molar-refractivity contribution in [3.8, 4) is 0 Å². The van der Waals surface area contributed by atoms with Gasteiger partial charge in [0.2, 0.25) is 0 Å². The number of nitrogens with one attached hydrogen (secondary N) is 2. The van der Waals surface area contributed by atoms with Gasteiger partial charge >= 0.3 is 0 Å². The highest BCUT2D eigenvalue weighted by Crippen LogP contribution is 2.14. The molecule has 1 heterocycles. The van der Waals surface area contributed by atoms with E-state index in [0.29, 0.717) is 6.54 Å². The average molecular weight is 363 g/mol. The maximum absolute atomic E-state index is 13.7. The molecule has 0 atom stereocenters. The number of amides is 2. The van der Waals surface area contributed by atoms with Crippen molar-refractivity contribution in [3.05, 3.63) is 95.1 Å². The Bertz CT molecular complexity index is 988. The number of pyridine rings is 1. The number of carbonyl (C=O) groups is 2. The average Bonchev–Trinajstić information content (AvgIpc) is 2.69. The van der Waals surface area contributed by atoms with Crippen LogP contribution in [0, 0.1) is 12.7 Å². The maximum Gasteiger partial charge on any atom is 0.270 e. The number of halogens is 1. The van der Waals surface area contributed by atoms with Crippen molar-refractivity contribution in [1.29, 1.82) is 0 Å². The van der Waals surface area contributed by atoms with Gasteiger partial charge in [-0.15, -0.1) is 0 Å². The van der Waals surface area contributed by atoms with Crippen LogP contribution in [0.4, 0.5) is 10.1 Å². The van der Waals surface area contributed by atoms with Crippen LogP contribution in [0.3, 0.4) is 0 Å². The van der Waals surface area contributed by atoms with E-state index in [1.807, 2.05) is 31.2 Å². The molecule has 0 unspecified atom stereocenters. The molecule has 0 fully saturated rings. The summed E-state index contributed by atoms with van der Waals surface area (Å²) in [7, 11) is 0. The molecule has 0 radical (unpaired) electrons. The normalized spacial score (nSPS) is 10.3. The first-order valence-corrected chi connectivity index (χ1v) is 8.39. The summed E-state index contributed by atoms with van der Waals surface area (Å²) < 4.78 is 13.7. The molecule has 2 aromatic carbocycles. The van der Waals surface area contributed by atoms with Crippen LogP contribution in [0.15, 0.2) is 66.9 Å². The minimum absolute atomic E-state index is 0.0740. The molecule has 0 saturated carbocycles. The molecular formula is C21H18FN3O2. The predicted octanol–water partition coefficient (Wildman–Crippen LogP) is 3.71. The summed E-state index contributed by atoms with van der Waals surface area (Å²) in [5, 5.41) is 5.27. The van der Waals surface area contributed by atoms with E-state index in [1.54, 1.807) is 6.07 Å². The lowest BCUT2D eigenvalue weighted by Crippen LogP contribution is -2.25. The van der Waals surface area contributed by atoms with Crippen molar-refractivity contribution in [2.24, 2.45) is 0 Å². The summed E-state index contributed by atoms with van der Waals surface area (Å²) in [5.41, 5.74) is 2.48. The van der Waals surface area contributed by atoms with Gasteiger partial charge in [-0.25, -0.2) is 4.39 Å². The van der Waals surface area contributed by atoms with Crippen LogP contribution in [-0.2, 0) is 6.54 Å². The zero-order chi connectivity index (χ0) is 19.2. The molecule has 1 aromatic heterocycles. The largest absolute Gasteiger partial charge is 0.347 e. The lowest BCUT2D eigenvalue weighted by Gasteiger charge is -2.09. The Labute approximate surface area is 156 Å². The zero-order valence-corrected chi connectivity index (χ0v) is 14.7. The van der Waals surface area contributed by atoms with Gasteiger partial charge < -0.3 is 10.6 Å². The van der Waals surface area contributed by atoms with E-state index in [2.05, 4.69) is 15.6 Å². The van der Waals surface area contributed by atoms with Gasteiger partial charge in [-0.3, -0.25) is 14.6 Å². The van der Waals surface area contributed by atoms with Crippen LogP contribution < -0.4 is 10.6 Å². The molecular weight excluding hydrogens is 345 g/mol. The van der Waals surface area contributed by atoms with Gasteiger partial charge in [-0.2, -0.15) is 0 Å². The van der Waals surface area contributed by atoms with Crippen molar-refractivity contribution in [2.75, 3.05) is 5.32 Å². The zero-order valence-electron chi connectivity index (χ0n) is 14.7. The Morgan fingerprint density at radius 2 is 1.74 bits per heavy atom. The van der Waals surface area contributed by atoms with Crippen LogP contribution >= 0.6 is 0 Å². The van der Waals surface area contributed by atoms with Crippen molar-refractivity contribution in [1.82, 2.24) is 10.3 Å². The topological polar surface area (TPSA) is 71.1 Å². The summed E-state index contributed by atoms with van der Waals surface area (Å²) in [6.07, 6.45) is 1.37. The lowest BCUT2D eigenvalue weighted by molar-refractivity contribution is 0.0946. The number of rotatable bonds is 5. The molecule has 5 nitrogen and oxygen atoms in total. The van der Waals surface area contributed by atoms with Crippen molar-refractivity contribution in [2.45, 2.75) is 13.5 Å². The number of nitrogens with zero attached hydrogens (tertiary/aromatic N) is 1. The Balaban J connectivity index is 1.69. The molecule has 0 aliphatic heterocycles. The summed E-state index contributed by atoms with van der Waals surface area (Å²) in [6.45, 7) is 2.33. The van der Waals surface area contributed by atoms with Gasteiger partial charge in [0.1, 0.15) is 11.5 Å². The molecule has 0 saturated heterocycles. The summed E-state index contributed by atoms with van der Waals surface area (Å²) >= 11 is 0. The van der Waals surface area contributed by atoms with Gasteiger partial charge in [0.15, 0.2) is 0 Å². The Kier molecular flexibility index (Phi) is 5.56. The minimum Gasteiger partial charge on any atom is -0.347 e. The fraction of sp³-hybridized carbons (Fsp3) is 0.0952. The van der Waals surface area contributed by atoms with Crippen LogP contribution in [0.1, 0.15) is 32.0 Å². The standard InChI is InChI=1S/C21H18FN3O2/c1-14-6-2-3-7-16(14)13-24-21(27)19-12-15(10-11-23-19)20(26)25-18-9-5-4-8-17(18)22/h2-12H,13H2,1H3,(H,24,27)(H,25,26). The van der Waals surface area contributed by atoms with E-state index in [0.717, 1.165) is 11.1 Å². The number of hydrogen-bond acceptors (Lipinski definition) is 3. The number of carbonyl (C=O) groups excluding carboxylic acids is 2. The molecule has 0 bridgehead atoms. The van der Waals surface area contributed by atoms with Gasteiger partial charge in [-0.05, 0) is 42.3 Å². The minimum atomic E-state index is -0.531. The van der Waals surface area contributed by atoms with Crippen molar-refractivity contribution in [3.63, 3.8) is 0 Å². The first-order chi connectivity index (χ1) is 13.0. The Morgan fingerprint density at radius 3 is 2.52 bits per heavy atom. The fourth-order valence-corrected chi connectivity index (χ4v) is 2.53. The van der Waals surface area contributed by atoms with Crippen LogP contribution in [-0.4, -0.2) is 16.8 Å². The Morgan fingerprint density at radius 1 is 1.00 bits per heavy atom. The summed E-state index contributed by atoms with van der Waals surface area (Å²) in [6, 6.07) is 16.5. The lowest BCUT2D eigenvalue weighted by atomic mass is 10.1. The summed E-state index contributed by atoms with van der Waals surface area (Å²) in [5.74, 6) is -1.44. The fourth-order valence-electron chi connectivity index (χ4n) is 2.53.